The molecule has 1 aliphatic rings. The monoisotopic (exact) mass is 383 g/mol. The van der Waals surface area contributed by atoms with Crippen LogP contribution in [0.5, 0.6) is 11.5 Å². The summed E-state index contributed by atoms with van der Waals surface area (Å²) < 4.78 is 16.6. The number of para-hydroxylation sites is 2. The number of rotatable bonds is 8. The Labute approximate surface area is 167 Å². The van der Waals surface area contributed by atoms with E-state index < -0.39 is 5.60 Å². The van der Waals surface area contributed by atoms with Crippen molar-refractivity contribution in [1.82, 2.24) is 0 Å². The second-order valence-corrected chi connectivity index (χ2v) is 7.38. The Morgan fingerprint density at radius 1 is 1.14 bits per heavy atom. The standard InChI is InChI=1S/C23H29NO4/c1-4-26-22(25)23(2,3)28-19-13-11-18(12-14-19)8-7-15-24-16-17-27-21-10-6-5-9-20(21)24/h5-6,9-14H,4,7-8,15-17H2,1-3H3. The summed E-state index contributed by atoms with van der Waals surface area (Å²) in [4.78, 5) is 14.3. The molecule has 0 amide bonds. The van der Waals surface area contributed by atoms with Crippen LogP contribution in [0.1, 0.15) is 32.8 Å². The van der Waals surface area contributed by atoms with Gasteiger partial charge < -0.3 is 19.1 Å². The Morgan fingerprint density at radius 3 is 2.64 bits per heavy atom. The van der Waals surface area contributed by atoms with Crippen LogP contribution in [0.15, 0.2) is 48.5 Å². The molecule has 0 atom stereocenters. The number of aryl methyl sites for hydroxylation is 1. The van der Waals surface area contributed by atoms with Crippen LogP contribution in [0.4, 0.5) is 5.69 Å². The zero-order chi connectivity index (χ0) is 20.0. The lowest BCUT2D eigenvalue weighted by Gasteiger charge is -2.31. The summed E-state index contributed by atoms with van der Waals surface area (Å²) in [6, 6.07) is 16.2. The summed E-state index contributed by atoms with van der Waals surface area (Å²) in [7, 11) is 0. The molecule has 5 nitrogen and oxygen atoms in total. The number of carbonyl (C=O) groups excluding carboxylic acids is 1. The Balaban J connectivity index is 1.51. The minimum absolute atomic E-state index is 0.345. The summed E-state index contributed by atoms with van der Waals surface area (Å²) in [5.41, 5.74) is 1.43. The van der Waals surface area contributed by atoms with Gasteiger partial charge in [0.15, 0.2) is 5.60 Å². The lowest BCUT2D eigenvalue weighted by atomic mass is 10.1. The minimum atomic E-state index is -0.999. The van der Waals surface area contributed by atoms with Crippen LogP contribution in [-0.2, 0) is 16.0 Å². The van der Waals surface area contributed by atoms with Crippen LogP contribution in [0.25, 0.3) is 0 Å². The number of hydrogen-bond acceptors (Lipinski definition) is 5. The Hall–Kier alpha value is -2.69. The van der Waals surface area contributed by atoms with Crippen LogP contribution >= 0.6 is 0 Å². The first-order valence-corrected chi connectivity index (χ1v) is 9.91. The van der Waals surface area contributed by atoms with Gasteiger partial charge in [-0.25, -0.2) is 4.79 Å². The fraction of sp³-hybridized carbons (Fsp3) is 0.435. The van der Waals surface area contributed by atoms with E-state index in [1.165, 1.54) is 11.3 Å². The lowest BCUT2D eigenvalue weighted by molar-refractivity contribution is -0.158. The van der Waals surface area contributed by atoms with Gasteiger partial charge in [-0.05, 0) is 63.4 Å². The number of benzene rings is 2. The zero-order valence-corrected chi connectivity index (χ0v) is 16.9. The van der Waals surface area contributed by atoms with Gasteiger partial charge in [0.1, 0.15) is 18.1 Å². The van der Waals surface area contributed by atoms with Crippen molar-refractivity contribution in [2.24, 2.45) is 0 Å². The van der Waals surface area contributed by atoms with Gasteiger partial charge in [0.05, 0.1) is 18.8 Å². The van der Waals surface area contributed by atoms with E-state index in [0.717, 1.165) is 38.3 Å². The summed E-state index contributed by atoms with van der Waals surface area (Å²) in [6.07, 6.45) is 2.05. The predicted octanol–water partition coefficient (Wildman–Crippen LogP) is 4.24. The van der Waals surface area contributed by atoms with E-state index in [-0.39, 0.29) is 5.97 Å². The molecule has 0 aromatic heterocycles. The molecule has 1 heterocycles. The van der Waals surface area contributed by atoms with E-state index in [2.05, 4.69) is 29.2 Å². The van der Waals surface area contributed by atoms with Gasteiger partial charge in [-0.1, -0.05) is 24.3 Å². The summed E-state index contributed by atoms with van der Waals surface area (Å²) in [6.45, 7) is 8.23. The molecule has 0 bridgehead atoms. The molecule has 0 spiro atoms. The highest BCUT2D eigenvalue weighted by atomic mass is 16.6. The van der Waals surface area contributed by atoms with Gasteiger partial charge in [-0.3, -0.25) is 0 Å². The second kappa shape index (κ2) is 9.00. The molecule has 28 heavy (non-hydrogen) atoms. The van der Waals surface area contributed by atoms with Crippen LogP contribution < -0.4 is 14.4 Å². The van der Waals surface area contributed by atoms with Crippen molar-refractivity contribution in [3.8, 4) is 11.5 Å². The molecule has 5 heteroatoms. The number of ether oxygens (including phenoxy) is 3. The molecule has 2 aromatic rings. The van der Waals surface area contributed by atoms with Gasteiger partial charge >= 0.3 is 5.97 Å². The highest BCUT2D eigenvalue weighted by Gasteiger charge is 2.31. The fourth-order valence-electron chi connectivity index (χ4n) is 3.30. The molecule has 0 unspecified atom stereocenters. The van der Waals surface area contributed by atoms with E-state index in [4.69, 9.17) is 14.2 Å². The number of nitrogens with zero attached hydrogens (tertiary/aromatic N) is 1. The average Bonchev–Trinajstić information content (AvgIpc) is 2.69. The highest BCUT2D eigenvalue weighted by molar-refractivity contribution is 5.79. The van der Waals surface area contributed by atoms with Crippen LogP contribution in [0, 0.1) is 0 Å². The fourth-order valence-corrected chi connectivity index (χ4v) is 3.30. The zero-order valence-electron chi connectivity index (χ0n) is 16.9. The third-order valence-corrected chi connectivity index (χ3v) is 4.78. The quantitative estimate of drug-likeness (QED) is 0.638. The number of carbonyl (C=O) groups is 1. The third-order valence-electron chi connectivity index (χ3n) is 4.78. The first-order valence-electron chi connectivity index (χ1n) is 9.91. The largest absolute Gasteiger partial charge is 0.490 e. The molecule has 3 rings (SSSR count). The molecule has 0 fully saturated rings. The first kappa shape index (κ1) is 20.1. The van der Waals surface area contributed by atoms with Crippen molar-refractivity contribution < 1.29 is 19.0 Å². The molecular formula is C23H29NO4. The van der Waals surface area contributed by atoms with Gasteiger partial charge in [0.2, 0.25) is 0 Å². The van der Waals surface area contributed by atoms with Gasteiger partial charge in [-0.2, -0.15) is 0 Å². The number of esters is 1. The Morgan fingerprint density at radius 2 is 1.89 bits per heavy atom. The molecule has 0 radical (unpaired) electrons. The smallest absolute Gasteiger partial charge is 0.349 e. The molecular weight excluding hydrogens is 354 g/mol. The average molecular weight is 383 g/mol. The number of anilines is 1. The van der Waals surface area contributed by atoms with Gasteiger partial charge in [0.25, 0.3) is 0 Å². The molecule has 2 aromatic carbocycles. The molecule has 0 aliphatic carbocycles. The normalized spacial score (nSPS) is 13.5. The summed E-state index contributed by atoms with van der Waals surface area (Å²) in [5.74, 6) is 1.29. The highest BCUT2D eigenvalue weighted by Crippen LogP contribution is 2.31. The van der Waals surface area contributed by atoms with E-state index in [1.54, 1.807) is 20.8 Å². The second-order valence-electron chi connectivity index (χ2n) is 7.38. The van der Waals surface area contributed by atoms with Crippen molar-refractivity contribution in [1.29, 1.82) is 0 Å². The van der Waals surface area contributed by atoms with Crippen LogP contribution in [0.2, 0.25) is 0 Å². The van der Waals surface area contributed by atoms with Crippen molar-refractivity contribution in [3.63, 3.8) is 0 Å². The first-order chi connectivity index (χ1) is 13.5. The Kier molecular flexibility index (Phi) is 6.45. The molecule has 150 valence electrons. The minimum Gasteiger partial charge on any atom is -0.490 e. The predicted molar refractivity (Wildman–Crippen MR) is 110 cm³/mol. The SMILES string of the molecule is CCOC(=O)C(C)(C)Oc1ccc(CCCN2CCOc3ccccc32)cc1. The molecule has 1 aliphatic heterocycles. The van der Waals surface area contributed by atoms with E-state index in [1.807, 2.05) is 24.3 Å². The molecule has 0 N–H and O–H groups in total. The van der Waals surface area contributed by atoms with Crippen LogP contribution in [0.3, 0.4) is 0 Å². The summed E-state index contributed by atoms with van der Waals surface area (Å²) in [5, 5.41) is 0. The molecule has 0 saturated carbocycles. The number of hydrogen-bond donors (Lipinski definition) is 0. The maximum absolute atomic E-state index is 12.0. The van der Waals surface area contributed by atoms with Crippen molar-refractivity contribution >= 4 is 11.7 Å². The van der Waals surface area contributed by atoms with E-state index >= 15 is 0 Å². The maximum Gasteiger partial charge on any atom is 0.349 e. The maximum atomic E-state index is 12.0. The van der Waals surface area contributed by atoms with Crippen molar-refractivity contribution in [2.75, 3.05) is 31.2 Å². The Bertz CT molecular complexity index is 785. The van der Waals surface area contributed by atoms with E-state index in [9.17, 15) is 4.79 Å². The van der Waals surface area contributed by atoms with E-state index in [0.29, 0.717) is 12.4 Å². The lowest BCUT2D eigenvalue weighted by Crippen LogP contribution is -2.39. The van der Waals surface area contributed by atoms with Crippen molar-refractivity contribution in [3.05, 3.63) is 54.1 Å². The number of fused-ring (bicyclic) bond motifs is 1. The topological polar surface area (TPSA) is 48.0 Å². The van der Waals surface area contributed by atoms with Gasteiger partial charge in [-0.15, -0.1) is 0 Å². The summed E-state index contributed by atoms with van der Waals surface area (Å²) >= 11 is 0. The van der Waals surface area contributed by atoms with Crippen LogP contribution in [-0.4, -0.2) is 37.9 Å². The van der Waals surface area contributed by atoms with Gasteiger partial charge in [0, 0.05) is 6.54 Å². The van der Waals surface area contributed by atoms with Crippen molar-refractivity contribution in [2.45, 2.75) is 39.2 Å². The molecule has 0 saturated heterocycles. The third kappa shape index (κ3) is 4.97.